The van der Waals surface area contributed by atoms with E-state index in [-0.39, 0.29) is 17.1 Å². The fourth-order valence-corrected chi connectivity index (χ4v) is 4.23. The summed E-state index contributed by atoms with van der Waals surface area (Å²) in [6, 6.07) is 8.60. The third kappa shape index (κ3) is 2.97. The van der Waals surface area contributed by atoms with Crippen molar-refractivity contribution < 1.29 is 17.9 Å². The van der Waals surface area contributed by atoms with Crippen molar-refractivity contribution in [2.45, 2.75) is 24.2 Å². The van der Waals surface area contributed by atoms with Crippen LogP contribution in [0.25, 0.3) is 0 Å². The van der Waals surface area contributed by atoms with Crippen molar-refractivity contribution in [3.05, 3.63) is 40.6 Å². The molecule has 1 aliphatic rings. The van der Waals surface area contributed by atoms with Gasteiger partial charge in [-0.05, 0) is 23.6 Å². The summed E-state index contributed by atoms with van der Waals surface area (Å²) in [5.41, 5.74) is -0.266. The fourth-order valence-electron chi connectivity index (χ4n) is 2.15. The van der Waals surface area contributed by atoms with E-state index in [1.807, 2.05) is 31.4 Å². The third-order valence-corrected chi connectivity index (χ3v) is 6.18. The summed E-state index contributed by atoms with van der Waals surface area (Å²) in [5, 5.41) is 1.99. The smallest absolute Gasteiger partial charge is 0.240 e. The molecule has 2 heterocycles. The van der Waals surface area contributed by atoms with Gasteiger partial charge < -0.3 is 9.47 Å². The lowest BCUT2D eigenvalue weighted by molar-refractivity contribution is 0.174. The fraction of sp³-hybridized carbons (Fsp3) is 0.333. The lowest BCUT2D eigenvalue weighted by atomic mass is 9.92. The van der Waals surface area contributed by atoms with Crippen molar-refractivity contribution in [1.82, 2.24) is 4.72 Å². The van der Waals surface area contributed by atoms with Crippen LogP contribution < -0.4 is 14.2 Å². The molecule has 0 atom stereocenters. The first-order valence-corrected chi connectivity index (χ1v) is 9.18. The zero-order valence-electron chi connectivity index (χ0n) is 12.3. The largest absolute Gasteiger partial charge is 0.454 e. The number of ether oxygens (including phenoxy) is 2. The molecule has 5 nitrogen and oxygen atoms in total. The lowest BCUT2D eigenvalue weighted by Gasteiger charge is -2.23. The number of nitrogens with one attached hydrogen (secondary N) is 1. The molecule has 0 aliphatic carbocycles. The van der Waals surface area contributed by atoms with Gasteiger partial charge in [0.15, 0.2) is 11.5 Å². The molecule has 0 bridgehead atoms. The van der Waals surface area contributed by atoms with Gasteiger partial charge in [-0.1, -0.05) is 19.9 Å². The van der Waals surface area contributed by atoms with Crippen molar-refractivity contribution >= 4 is 21.4 Å². The molecule has 0 spiro atoms. The number of rotatable bonds is 5. The number of sulfonamides is 1. The van der Waals surface area contributed by atoms with Crippen molar-refractivity contribution in [3.63, 3.8) is 0 Å². The highest BCUT2D eigenvalue weighted by Gasteiger charge is 2.26. The van der Waals surface area contributed by atoms with Gasteiger partial charge in [0.25, 0.3) is 0 Å². The van der Waals surface area contributed by atoms with E-state index >= 15 is 0 Å². The molecule has 1 aromatic carbocycles. The highest BCUT2D eigenvalue weighted by Crippen LogP contribution is 2.34. The highest BCUT2D eigenvalue weighted by molar-refractivity contribution is 7.89. The topological polar surface area (TPSA) is 64.6 Å². The average Bonchev–Trinajstić information content (AvgIpc) is 3.15. The Kier molecular flexibility index (Phi) is 3.88. The molecule has 3 rings (SSSR count). The maximum absolute atomic E-state index is 12.4. The monoisotopic (exact) mass is 339 g/mol. The Hall–Kier alpha value is -1.57. The molecular weight excluding hydrogens is 322 g/mol. The Labute approximate surface area is 133 Å². The van der Waals surface area contributed by atoms with Gasteiger partial charge in [0.2, 0.25) is 16.8 Å². The second-order valence-electron chi connectivity index (χ2n) is 5.70. The molecular formula is C15H17NO4S2. The SMILES string of the molecule is CC(C)(CNS(=O)(=O)c1ccc2c(c1)OCO2)c1cccs1. The van der Waals surface area contributed by atoms with E-state index in [2.05, 4.69) is 4.72 Å². The van der Waals surface area contributed by atoms with E-state index in [4.69, 9.17) is 9.47 Å². The van der Waals surface area contributed by atoms with E-state index in [0.29, 0.717) is 18.0 Å². The summed E-state index contributed by atoms with van der Waals surface area (Å²) in [6.45, 7) is 4.48. The molecule has 0 unspecified atom stereocenters. The Bertz CT molecular complexity index is 767. The number of benzene rings is 1. The highest BCUT2D eigenvalue weighted by atomic mass is 32.2. The third-order valence-electron chi connectivity index (χ3n) is 3.55. The van der Waals surface area contributed by atoms with E-state index < -0.39 is 10.0 Å². The molecule has 2 aromatic rings. The van der Waals surface area contributed by atoms with Crippen LogP contribution in [0.5, 0.6) is 11.5 Å². The molecule has 0 saturated carbocycles. The van der Waals surface area contributed by atoms with Crippen LogP contribution in [0.2, 0.25) is 0 Å². The summed E-state index contributed by atoms with van der Waals surface area (Å²) in [6.07, 6.45) is 0. The lowest BCUT2D eigenvalue weighted by Crippen LogP contribution is -2.36. The van der Waals surface area contributed by atoms with Gasteiger partial charge in [0, 0.05) is 22.9 Å². The van der Waals surface area contributed by atoms with Gasteiger partial charge in [0.05, 0.1) is 4.90 Å². The number of thiophene rings is 1. The van der Waals surface area contributed by atoms with Gasteiger partial charge in [-0.15, -0.1) is 11.3 Å². The predicted octanol–water partition coefficient (Wildman–Crippen LogP) is 2.73. The summed E-state index contributed by atoms with van der Waals surface area (Å²) >= 11 is 1.62. The van der Waals surface area contributed by atoms with E-state index in [9.17, 15) is 8.42 Å². The molecule has 118 valence electrons. The molecule has 0 amide bonds. The van der Waals surface area contributed by atoms with Gasteiger partial charge in [-0.25, -0.2) is 13.1 Å². The summed E-state index contributed by atoms with van der Waals surface area (Å²) in [7, 11) is -3.59. The van der Waals surface area contributed by atoms with Crippen LogP contribution in [0.15, 0.2) is 40.6 Å². The minimum absolute atomic E-state index is 0.123. The molecule has 1 N–H and O–H groups in total. The first kappa shape index (κ1) is 15.3. The van der Waals surface area contributed by atoms with E-state index in [0.717, 1.165) is 4.88 Å². The van der Waals surface area contributed by atoms with Crippen LogP contribution in [0.3, 0.4) is 0 Å². The molecule has 0 fully saturated rings. The number of hydrogen-bond donors (Lipinski definition) is 1. The predicted molar refractivity (Wildman–Crippen MR) is 85.1 cm³/mol. The molecule has 22 heavy (non-hydrogen) atoms. The quantitative estimate of drug-likeness (QED) is 0.910. The Morgan fingerprint density at radius 1 is 1.23 bits per heavy atom. The van der Waals surface area contributed by atoms with Crippen LogP contribution in [-0.4, -0.2) is 21.8 Å². The first-order valence-electron chi connectivity index (χ1n) is 6.82. The Balaban J connectivity index is 1.77. The minimum atomic E-state index is -3.59. The van der Waals surface area contributed by atoms with Crippen LogP contribution in [-0.2, 0) is 15.4 Å². The summed E-state index contributed by atoms with van der Waals surface area (Å²) < 4.78 is 38.0. The van der Waals surface area contributed by atoms with E-state index in [1.54, 1.807) is 17.4 Å². The molecule has 0 saturated heterocycles. The summed E-state index contributed by atoms with van der Waals surface area (Å²) in [5.74, 6) is 1.03. The second kappa shape index (κ2) is 5.57. The summed E-state index contributed by atoms with van der Waals surface area (Å²) in [4.78, 5) is 1.32. The van der Waals surface area contributed by atoms with Gasteiger partial charge in [-0.2, -0.15) is 0 Å². The van der Waals surface area contributed by atoms with Gasteiger partial charge in [0.1, 0.15) is 0 Å². The minimum Gasteiger partial charge on any atom is -0.454 e. The second-order valence-corrected chi connectivity index (χ2v) is 8.42. The van der Waals surface area contributed by atoms with Gasteiger partial charge in [-0.3, -0.25) is 0 Å². The van der Waals surface area contributed by atoms with E-state index in [1.165, 1.54) is 12.1 Å². The van der Waals surface area contributed by atoms with Crippen LogP contribution in [0.4, 0.5) is 0 Å². The molecule has 7 heteroatoms. The normalized spacial score (nSPS) is 14.3. The average molecular weight is 339 g/mol. The maximum Gasteiger partial charge on any atom is 0.240 e. The van der Waals surface area contributed by atoms with Crippen molar-refractivity contribution in [3.8, 4) is 11.5 Å². The Morgan fingerprint density at radius 2 is 2.00 bits per heavy atom. The zero-order chi connectivity index (χ0) is 15.8. The van der Waals surface area contributed by atoms with Crippen LogP contribution >= 0.6 is 11.3 Å². The first-order chi connectivity index (χ1) is 10.4. The number of hydrogen-bond acceptors (Lipinski definition) is 5. The number of fused-ring (bicyclic) bond motifs is 1. The standard InChI is InChI=1S/C15H17NO4S2/c1-15(2,14-4-3-7-21-14)9-16-22(17,18)11-5-6-12-13(8-11)20-10-19-12/h3-8,16H,9-10H2,1-2H3. The van der Waals surface area contributed by atoms with Crippen LogP contribution in [0.1, 0.15) is 18.7 Å². The van der Waals surface area contributed by atoms with Crippen molar-refractivity contribution in [2.24, 2.45) is 0 Å². The Morgan fingerprint density at radius 3 is 2.73 bits per heavy atom. The molecule has 1 aromatic heterocycles. The van der Waals surface area contributed by atoms with Gasteiger partial charge >= 0.3 is 0 Å². The molecule has 0 radical (unpaired) electrons. The van der Waals surface area contributed by atoms with Crippen LogP contribution in [0, 0.1) is 0 Å². The molecule has 1 aliphatic heterocycles. The zero-order valence-corrected chi connectivity index (χ0v) is 14.0. The maximum atomic E-state index is 12.4. The van der Waals surface area contributed by atoms with Crippen molar-refractivity contribution in [1.29, 1.82) is 0 Å². The van der Waals surface area contributed by atoms with Crippen molar-refractivity contribution in [2.75, 3.05) is 13.3 Å².